The molecule has 2 fully saturated rings. The molecule has 0 saturated carbocycles. The molecule has 13 heteroatoms. The third kappa shape index (κ3) is 4.69. The summed E-state index contributed by atoms with van der Waals surface area (Å²) in [6, 6.07) is 4.90. The van der Waals surface area contributed by atoms with Gasteiger partial charge in [-0.25, -0.2) is 0 Å². The van der Waals surface area contributed by atoms with Crippen molar-refractivity contribution in [3.63, 3.8) is 0 Å². The van der Waals surface area contributed by atoms with Crippen molar-refractivity contribution in [2.45, 2.75) is 55.3 Å². The molecule has 168 valence electrons. The normalized spacial score (nSPS) is 39.5. The molecule has 2 aliphatic rings. The highest BCUT2D eigenvalue weighted by Gasteiger charge is 2.49. The quantitative estimate of drug-likeness (QED) is 0.200. The molecule has 0 aromatic heterocycles. The molecule has 0 amide bonds. The van der Waals surface area contributed by atoms with E-state index >= 15 is 0 Å². The molecule has 6 N–H and O–H groups in total. The van der Waals surface area contributed by atoms with Gasteiger partial charge in [-0.2, -0.15) is 0 Å². The third-order valence-corrected chi connectivity index (χ3v) is 4.87. The summed E-state index contributed by atoms with van der Waals surface area (Å²) in [4.78, 5) is 10.1. The van der Waals surface area contributed by atoms with Crippen LogP contribution < -0.4 is 4.74 Å². The number of hydrogen-bond donors (Lipinski definition) is 6. The van der Waals surface area contributed by atoms with E-state index in [1.165, 1.54) is 24.3 Å². The van der Waals surface area contributed by atoms with Crippen LogP contribution in [0.1, 0.15) is 0 Å². The standard InChI is InChI=1S/C17H23NO12/c19-5-10-15(30-16-13(23)11(21)9(20)6-27-16)12(22)14(24)17(29-10)28-8-3-1-7(2-4-8)18(25)26/h1-4,9-17,19-24H,5-6H2/t9-,10-,11+,12-,13-,14-,15-,16+,17-/m1/s1. The molecular formula is C17H23NO12. The largest absolute Gasteiger partial charge is 0.462 e. The fourth-order valence-corrected chi connectivity index (χ4v) is 3.15. The van der Waals surface area contributed by atoms with E-state index in [1.807, 2.05) is 0 Å². The van der Waals surface area contributed by atoms with E-state index < -0.39 is 66.8 Å². The molecule has 0 spiro atoms. The molecule has 0 aliphatic carbocycles. The zero-order valence-corrected chi connectivity index (χ0v) is 15.5. The van der Waals surface area contributed by atoms with E-state index in [0.717, 1.165) is 0 Å². The maximum absolute atomic E-state index is 10.7. The zero-order valence-electron chi connectivity index (χ0n) is 15.5. The van der Waals surface area contributed by atoms with Gasteiger partial charge in [-0.1, -0.05) is 0 Å². The van der Waals surface area contributed by atoms with Crippen molar-refractivity contribution in [1.29, 1.82) is 0 Å². The van der Waals surface area contributed by atoms with Crippen LogP contribution in [-0.4, -0.2) is 104 Å². The van der Waals surface area contributed by atoms with E-state index in [2.05, 4.69) is 0 Å². The third-order valence-electron chi connectivity index (χ3n) is 4.87. The van der Waals surface area contributed by atoms with E-state index in [0.29, 0.717) is 0 Å². The lowest BCUT2D eigenvalue weighted by Gasteiger charge is -2.44. The van der Waals surface area contributed by atoms with E-state index in [9.17, 15) is 40.8 Å². The number of hydrogen-bond acceptors (Lipinski definition) is 12. The monoisotopic (exact) mass is 433 g/mol. The van der Waals surface area contributed by atoms with Crippen LogP contribution in [0.5, 0.6) is 5.75 Å². The van der Waals surface area contributed by atoms with Gasteiger partial charge in [0.1, 0.15) is 48.5 Å². The minimum absolute atomic E-state index is 0.107. The van der Waals surface area contributed by atoms with Crippen molar-refractivity contribution in [2.75, 3.05) is 13.2 Å². The maximum atomic E-state index is 10.7. The Morgan fingerprint density at radius 3 is 2.23 bits per heavy atom. The summed E-state index contributed by atoms with van der Waals surface area (Å²) in [7, 11) is 0. The number of ether oxygens (including phenoxy) is 4. The summed E-state index contributed by atoms with van der Waals surface area (Å²) in [5.74, 6) is 0.107. The zero-order chi connectivity index (χ0) is 22.0. The van der Waals surface area contributed by atoms with Gasteiger partial charge < -0.3 is 49.6 Å². The first-order valence-electron chi connectivity index (χ1n) is 9.07. The van der Waals surface area contributed by atoms with Gasteiger partial charge in [-0.05, 0) is 12.1 Å². The lowest BCUT2D eigenvalue weighted by Crippen LogP contribution is -2.63. The fraction of sp³-hybridized carbons (Fsp3) is 0.647. The molecule has 0 radical (unpaired) electrons. The summed E-state index contributed by atoms with van der Waals surface area (Å²) >= 11 is 0. The van der Waals surface area contributed by atoms with Gasteiger partial charge in [-0.3, -0.25) is 10.1 Å². The molecule has 9 atom stereocenters. The van der Waals surface area contributed by atoms with Crippen LogP contribution in [0.3, 0.4) is 0 Å². The first-order chi connectivity index (χ1) is 14.2. The number of rotatable bonds is 6. The van der Waals surface area contributed by atoms with Gasteiger partial charge in [0.05, 0.1) is 18.1 Å². The van der Waals surface area contributed by atoms with Crippen molar-refractivity contribution in [3.05, 3.63) is 34.4 Å². The fourth-order valence-electron chi connectivity index (χ4n) is 3.15. The molecule has 2 saturated heterocycles. The number of nitrogens with zero attached hydrogens (tertiary/aromatic N) is 1. The van der Waals surface area contributed by atoms with E-state index in [-0.39, 0.29) is 18.0 Å². The highest BCUT2D eigenvalue weighted by Crippen LogP contribution is 2.29. The van der Waals surface area contributed by atoms with Crippen LogP contribution in [0.2, 0.25) is 0 Å². The summed E-state index contributed by atoms with van der Waals surface area (Å²) in [6.45, 7) is -1.01. The highest BCUT2D eigenvalue weighted by molar-refractivity contribution is 5.36. The predicted molar refractivity (Wildman–Crippen MR) is 94.1 cm³/mol. The number of nitro benzene ring substituents is 1. The average Bonchev–Trinajstić information content (AvgIpc) is 2.73. The molecule has 0 bridgehead atoms. The van der Waals surface area contributed by atoms with Crippen LogP contribution in [0, 0.1) is 10.1 Å². The van der Waals surface area contributed by atoms with Crippen LogP contribution in [0.15, 0.2) is 24.3 Å². The maximum Gasteiger partial charge on any atom is 0.269 e. The van der Waals surface area contributed by atoms with Crippen LogP contribution in [-0.2, 0) is 14.2 Å². The second kappa shape index (κ2) is 9.47. The Kier molecular flexibility index (Phi) is 7.18. The first-order valence-corrected chi connectivity index (χ1v) is 9.07. The average molecular weight is 433 g/mol. The van der Waals surface area contributed by atoms with Crippen LogP contribution in [0.25, 0.3) is 0 Å². The topological polar surface area (TPSA) is 201 Å². The van der Waals surface area contributed by atoms with Crippen molar-refractivity contribution >= 4 is 5.69 Å². The second-order valence-corrected chi connectivity index (χ2v) is 6.93. The molecule has 1 aromatic rings. The number of non-ortho nitro benzene ring substituents is 1. The number of benzene rings is 1. The minimum atomic E-state index is -1.66. The molecule has 2 heterocycles. The Morgan fingerprint density at radius 2 is 1.63 bits per heavy atom. The van der Waals surface area contributed by atoms with E-state index in [1.54, 1.807) is 0 Å². The summed E-state index contributed by atoms with van der Waals surface area (Å²) < 4.78 is 21.4. The minimum Gasteiger partial charge on any atom is -0.462 e. The second-order valence-electron chi connectivity index (χ2n) is 6.93. The lowest BCUT2D eigenvalue weighted by molar-refractivity contribution is -0.384. The van der Waals surface area contributed by atoms with Crippen LogP contribution >= 0.6 is 0 Å². The van der Waals surface area contributed by atoms with Gasteiger partial charge in [0.2, 0.25) is 6.29 Å². The van der Waals surface area contributed by atoms with Crippen molar-refractivity contribution in [3.8, 4) is 5.75 Å². The Hall–Kier alpha value is -1.94. The molecule has 3 rings (SSSR count). The smallest absolute Gasteiger partial charge is 0.269 e. The van der Waals surface area contributed by atoms with Gasteiger partial charge in [0, 0.05) is 12.1 Å². The summed E-state index contributed by atoms with van der Waals surface area (Å²) in [5, 5.41) is 70.3. The molecule has 1 aromatic carbocycles. The van der Waals surface area contributed by atoms with Crippen molar-refractivity contribution in [2.24, 2.45) is 0 Å². The molecule has 2 aliphatic heterocycles. The Bertz CT molecular complexity index is 715. The van der Waals surface area contributed by atoms with Crippen molar-refractivity contribution < 1.29 is 54.5 Å². The molecular weight excluding hydrogens is 410 g/mol. The predicted octanol–water partition coefficient (Wildman–Crippen LogP) is -2.76. The number of aliphatic hydroxyl groups excluding tert-OH is 6. The number of nitro groups is 1. The molecule has 0 unspecified atom stereocenters. The highest BCUT2D eigenvalue weighted by atomic mass is 16.7. The Morgan fingerprint density at radius 1 is 1.00 bits per heavy atom. The van der Waals surface area contributed by atoms with Gasteiger partial charge in [-0.15, -0.1) is 0 Å². The Balaban J connectivity index is 1.67. The summed E-state index contributed by atoms with van der Waals surface area (Å²) in [6.07, 6.45) is -13.3. The van der Waals surface area contributed by atoms with Gasteiger partial charge in [0.15, 0.2) is 6.29 Å². The van der Waals surface area contributed by atoms with E-state index in [4.69, 9.17) is 18.9 Å². The van der Waals surface area contributed by atoms with Gasteiger partial charge >= 0.3 is 0 Å². The number of aliphatic hydroxyl groups is 6. The van der Waals surface area contributed by atoms with Crippen LogP contribution in [0.4, 0.5) is 5.69 Å². The van der Waals surface area contributed by atoms with Gasteiger partial charge in [0.25, 0.3) is 5.69 Å². The van der Waals surface area contributed by atoms with Crippen molar-refractivity contribution in [1.82, 2.24) is 0 Å². The SMILES string of the molecule is O=[N+]([O-])c1ccc(O[C@@H]2O[C@H](CO)[C@@H](O[C@@H]3OC[C@@H](O)[C@H](O)[C@H]3O)[C@H](O)[C@H]2O)cc1. The lowest BCUT2D eigenvalue weighted by atomic mass is 9.98. The first kappa shape index (κ1) is 22.7. The Labute approximate surface area is 169 Å². The molecule has 13 nitrogen and oxygen atoms in total. The summed E-state index contributed by atoms with van der Waals surface area (Å²) in [5.41, 5.74) is -0.174. The molecule has 30 heavy (non-hydrogen) atoms.